The molecule has 3 rings (SSSR count). The number of methoxy groups -OCH3 is 1. The van der Waals surface area contributed by atoms with Gasteiger partial charge >= 0.3 is 16.1 Å². The van der Waals surface area contributed by atoms with Crippen LogP contribution in [0.1, 0.15) is 15.9 Å². The lowest BCUT2D eigenvalue weighted by atomic mass is 10.1. The van der Waals surface area contributed by atoms with E-state index in [2.05, 4.69) is 4.74 Å². The van der Waals surface area contributed by atoms with Crippen molar-refractivity contribution in [1.82, 2.24) is 0 Å². The molecule has 0 saturated carbocycles. The second-order valence-electron chi connectivity index (χ2n) is 5.87. The lowest BCUT2D eigenvalue weighted by molar-refractivity contribution is 0.0600. The highest BCUT2D eigenvalue weighted by Crippen LogP contribution is 2.32. The molecule has 0 fully saturated rings. The molecule has 0 spiro atoms. The third-order valence-corrected chi connectivity index (χ3v) is 5.43. The number of esters is 1. The van der Waals surface area contributed by atoms with E-state index >= 15 is 0 Å². The first-order valence-electron chi connectivity index (χ1n) is 8.20. The molecule has 6 heteroatoms. The Labute approximate surface area is 158 Å². The van der Waals surface area contributed by atoms with E-state index in [9.17, 15) is 13.2 Å². The van der Waals surface area contributed by atoms with Crippen LogP contribution in [0.4, 0.5) is 0 Å². The van der Waals surface area contributed by atoms with E-state index in [0.717, 1.165) is 5.56 Å². The third kappa shape index (κ3) is 4.01. The predicted octanol–water partition coefficient (Wildman–Crippen LogP) is 4.22. The van der Waals surface area contributed by atoms with Crippen LogP contribution in [-0.4, -0.2) is 21.5 Å². The van der Waals surface area contributed by atoms with E-state index in [1.807, 2.05) is 36.4 Å². The molecule has 0 unspecified atom stereocenters. The molecule has 0 aromatic heterocycles. The van der Waals surface area contributed by atoms with Crippen molar-refractivity contribution in [2.24, 2.45) is 0 Å². The summed E-state index contributed by atoms with van der Waals surface area (Å²) in [6.07, 6.45) is 0. The van der Waals surface area contributed by atoms with Crippen LogP contribution < -0.4 is 4.18 Å². The van der Waals surface area contributed by atoms with Crippen molar-refractivity contribution in [3.05, 3.63) is 83.9 Å². The first-order chi connectivity index (χ1) is 12.9. The first-order valence-corrected chi connectivity index (χ1v) is 9.61. The molecule has 0 aliphatic carbocycles. The average molecular weight is 382 g/mol. The molecule has 3 aromatic rings. The third-order valence-electron chi connectivity index (χ3n) is 4.04. The second kappa shape index (κ2) is 7.63. The van der Waals surface area contributed by atoms with E-state index < -0.39 is 16.1 Å². The van der Waals surface area contributed by atoms with Gasteiger partial charge in [-0.15, -0.1) is 0 Å². The first kappa shape index (κ1) is 18.7. The highest BCUT2D eigenvalue weighted by Gasteiger charge is 2.22. The Bertz CT molecular complexity index is 1070. The maximum atomic E-state index is 12.8. The van der Waals surface area contributed by atoms with Crippen molar-refractivity contribution in [2.75, 3.05) is 7.11 Å². The molecule has 0 aliphatic rings. The van der Waals surface area contributed by atoms with Gasteiger partial charge in [0.05, 0.1) is 12.7 Å². The number of benzene rings is 3. The summed E-state index contributed by atoms with van der Waals surface area (Å²) in [7, 11) is -2.81. The molecule has 0 N–H and O–H groups in total. The standard InChI is InChI=1S/C21H18O5S/c1-15-14-17(21(22)25-2)12-13-20(15)27(23,24)26-19-11-7-6-10-18(19)16-8-4-3-5-9-16/h3-14H,1-2H3. The van der Waals surface area contributed by atoms with E-state index in [1.165, 1.54) is 25.3 Å². The van der Waals surface area contributed by atoms with Gasteiger partial charge in [-0.25, -0.2) is 4.79 Å². The normalized spacial score (nSPS) is 11.0. The van der Waals surface area contributed by atoms with E-state index in [-0.39, 0.29) is 16.2 Å². The van der Waals surface area contributed by atoms with Gasteiger partial charge in [0.25, 0.3) is 0 Å². The molecule has 0 bridgehead atoms. The molecule has 0 aliphatic heterocycles. The topological polar surface area (TPSA) is 69.7 Å². The van der Waals surface area contributed by atoms with Crippen molar-refractivity contribution in [1.29, 1.82) is 0 Å². The van der Waals surface area contributed by atoms with Crippen LogP contribution >= 0.6 is 0 Å². The van der Waals surface area contributed by atoms with Gasteiger partial charge in [0.1, 0.15) is 4.90 Å². The number of ether oxygens (including phenoxy) is 1. The van der Waals surface area contributed by atoms with Crippen molar-refractivity contribution in [3.8, 4) is 16.9 Å². The fourth-order valence-corrected chi connectivity index (χ4v) is 3.89. The minimum Gasteiger partial charge on any atom is -0.465 e. The highest BCUT2D eigenvalue weighted by atomic mass is 32.2. The maximum Gasteiger partial charge on any atom is 0.339 e. The number of aryl methyl sites for hydroxylation is 1. The second-order valence-corrected chi connectivity index (χ2v) is 7.39. The Hall–Kier alpha value is -3.12. The van der Waals surface area contributed by atoms with Crippen LogP contribution in [0, 0.1) is 6.92 Å². The Kier molecular flexibility index (Phi) is 5.28. The SMILES string of the molecule is COC(=O)c1ccc(S(=O)(=O)Oc2ccccc2-c2ccccc2)c(C)c1. The summed E-state index contributed by atoms with van der Waals surface area (Å²) in [5, 5.41) is 0. The molecule has 0 radical (unpaired) electrons. The van der Waals surface area contributed by atoms with Crippen LogP contribution in [0.25, 0.3) is 11.1 Å². The summed E-state index contributed by atoms with van der Waals surface area (Å²) in [6, 6.07) is 20.5. The zero-order chi connectivity index (χ0) is 19.4. The van der Waals surface area contributed by atoms with Crippen molar-refractivity contribution in [2.45, 2.75) is 11.8 Å². The average Bonchev–Trinajstić information content (AvgIpc) is 2.68. The monoisotopic (exact) mass is 382 g/mol. The van der Waals surface area contributed by atoms with Crippen LogP contribution in [0.3, 0.4) is 0 Å². The van der Waals surface area contributed by atoms with Crippen LogP contribution in [0.15, 0.2) is 77.7 Å². The molecule has 138 valence electrons. The highest BCUT2D eigenvalue weighted by molar-refractivity contribution is 7.87. The Balaban J connectivity index is 1.98. The van der Waals surface area contributed by atoms with Crippen molar-refractivity contribution in [3.63, 3.8) is 0 Å². The fourth-order valence-electron chi connectivity index (χ4n) is 2.73. The fraction of sp³-hybridized carbons (Fsp3) is 0.0952. The Morgan fingerprint density at radius 1 is 0.889 bits per heavy atom. The van der Waals surface area contributed by atoms with Gasteiger partial charge in [0.15, 0.2) is 5.75 Å². The number of rotatable bonds is 5. The summed E-state index contributed by atoms with van der Waals surface area (Å²) in [5.41, 5.74) is 2.19. The molecular weight excluding hydrogens is 364 g/mol. The molecule has 0 heterocycles. The zero-order valence-corrected chi connectivity index (χ0v) is 15.7. The molecule has 0 atom stereocenters. The summed E-state index contributed by atoms with van der Waals surface area (Å²) in [4.78, 5) is 11.6. The van der Waals surface area contributed by atoms with Crippen LogP contribution in [-0.2, 0) is 14.9 Å². The van der Waals surface area contributed by atoms with Gasteiger partial charge in [0.2, 0.25) is 0 Å². The minimum atomic E-state index is -4.08. The van der Waals surface area contributed by atoms with Gasteiger partial charge in [-0.05, 0) is 42.3 Å². The Morgan fingerprint density at radius 3 is 2.22 bits per heavy atom. The number of para-hydroxylation sites is 1. The number of hydrogen-bond acceptors (Lipinski definition) is 5. The Morgan fingerprint density at radius 2 is 1.56 bits per heavy atom. The van der Waals surface area contributed by atoms with Gasteiger partial charge in [0, 0.05) is 5.56 Å². The van der Waals surface area contributed by atoms with E-state index in [4.69, 9.17) is 4.18 Å². The smallest absolute Gasteiger partial charge is 0.339 e. The predicted molar refractivity (Wildman–Crippen MR) is 102 cm³/mol. The molecule has 5 nitrogen and oxygen atoms in total. The van der Waals surface area contributed by atoms with Crippen LogP contribution in [0.2, 0.25) is 0 Å². The number of carbonyl (C=O) groups is 1. The van der Waals surface area contributed by atoms with Crippen molar-refractivity contribution >= 4 is 16.1 Å². The van der Waals surface area contributed by atoms with Gasteiger partial charge in [-0.1, -0.05) is 48.5 Å². The quantitative estimate of drug-likeness (QED) is 0.488. The lowest BCUT2D eigenvalue weighted by Gasteiger charge is -2.13. The molecule has 27 heavy (non-hydrogen) atoms. The van der Waals surface area contributed by atoms with Gasteiger partial charge < -0.3 is 8.92 Å². The molecular formula is C21H18O5S. The minimum absolute atomic E-state index is 0.00184. The van der Waals surface area contributed by atoms with Crippen LogP contribution in [0.5, 0.6) is 5.75 Å². The zero-order valence-electron chi connectivity index (χ0n) is 14.9. The molecule has 0 saturated heterocycles. The summed E-state index contributed by atoms with van der Waals surface area (Å²) in [5.74, 6) is -0.294. The van der Waals surface area contributed by atoms with E-state index in [1.54, 1.807) is 25.1 Å². The molecule has 0 amide bonds. The summed E-state index contributed by atoms with van der Waals surface area (Å²) < 4.78 is 35.7. The summed E-state index contributed by atoms with van der Waals surface area (Å²) in [6.45, 7) is 1.60. The lowest BCUT2D eigenvalue weighted by Crippen LogP contribution is -2.13. The van der Waals surface area contributed by atoms with Gasteiger partial charge in [-0.3, -0.25) is 0 Å². The summed E-state index contributed by atoms with van der Waals surface area (Å²) >= 11 is 0. The molecule has 3 aromatic carbocycles. The number of hydrogen-bond donors (Lipinski definition) is 0. The van der Waals surface area contributed by atoms with Crippen molar-refractivity contribution < 1.29 is 22.1 Å². The number of carbonyl (C=O) groups excluding carboxylic acids is 1. The van der Waals surface area contributed by atoms with Gasteiger partial charge in [-0.2, -0.15) is 8.42 Å². The largest absolute Gasteiger partial charge is 0.465 e. The maximum absolute atomic E-state index is 12.8. The van der Waals surface area contributed by atoms with E-state index in [0.29, 0.717) is 11.1 Å².